The largest absolute Gasteiger partial charge is 0.495 e. The van der Waals surface area contributed by atoms with Gasteiger partial charge in [0.05, 0.1) is 19.3 Å². The minimum atomic E-state index is 0.0850. The molecule has 0 fully saturated rings. The number of ether oxygens (including phenoxy) is 1. The van der Waals surface area contributed by atoms with Crippen LogP contribution < -0.4 is 16.0 Å². The summed E-state index contributed by atoms with van der Waals surface area (Å²) in [4.78, 5) is 4.14. The minimum absolute atomic E-state index is 0.0850. The predicted octanol–water partition coefficient (Wildman–Crippen LogP) is 2.13. The number of nitrogens with zero attached hydrogens (tertiary/aromatic N) is 1. The number of aromatic nitrogens is 1. The zero-order chi connectivity index (χ0) is 12.9. The first-order valence-electron chi connectivity index (χ1n) is 5.55. The molecule has 1 unspecified atom stereocenters. The second kappa shape index (κ2) is 6.23. The third-order valence-corrected chi connectivity index (χ3v) is 3.62. The van der Waals surface area contributed by atoms with Gasteiger partial charge in [-0.3, -0.25) is 16.3 Å². The summed E-state index contributed by atoms with van der Waals surface area (Å²) in [5.74, 6) is 7.24. The Morgan fingerprint density at radius 3 is 2.71 bits per heavy atom. The third kappa shape index (κ3) is 4.93. The van der Waals surface area contributed by atoms with E-state index < -0.39 is 0 Å². The average molecular weight is 255 g/mol. The van der Waals surface area contributed by atoms with Gasteiger partial charge in [-0.2, -0.15) is 11.8 Å². The van der Waals surface area contributed by atoms with Crippen LogP contribution in [0.4, 0.5) is 0 Å². The lowest BCUT2D eigenvalue weighted by Crippen LogP contribution is -2.31. The van der Waals surface area contributed by atoms with Gasteiger partial charge in [-0.15, -0.1) is 0 Å². The number of hydrogen-bond donors (Lipinski definition) is 2. The van der Waals surface area contributed by atoms with Crippen molar-refractivity contribution in [2.45, 2.75) is 31.6 Å². The van der Waals surface area contributed by atoms with Crippen molar-refractivity contribution in [3.05, 3.63) is 24.0 Å². The molecule has 4 nitrogen and oxygen atoms in total. The molecule has 5 heteroatoms. The molecule has 1 atom stereocenters. The van der Waals surface area contributed by atoms with Crippen LogP contribution >= 0.6 is 11.8 Å². The van der Waals surface area contributed by atoms with Gasteiger partial charge < -0.3 is 4.74 Å². The maximum Gasteiger partial charge on any atom is 0.137 e. The molecule has 1 rings (SSSR count). The van der Waals surface area contributed by atoms with E-state index in [9.17, 15) is 0 Å². The van der Waals surface area contributed by atoms with Crippen LogP contribution in [0.3, 0.4) is 0 Å². The Labute approximate surface area is 107 Å². The van der Waals surface area contributed by atoms with E-state index in [0.717, 1.165) is 17.1 Å². The molecule has 0 aliphatic rings. The lowest BCUT2D eigenvalue weighted by atomic mass is 10.1. The monoisotopic (exact) mass is 255 g/mol. The molecule has 0 aliphatic carbocycles. The first kappa shape index (κ1) is 14.3. The Bertz CT molecular complexity index is 352. The molecule has 0 saturated heterocycles. The smallest absolute Gasteiger partial charge is 0.137 e. The molecular weight excluding hydrogens is 234 g/mol. The Balaban J connectivity index is 2.72. The van der Waals surface area contributed by atoms with Crippen molar-refractivity contribution in [3.8, 4) is 5.75 Å². The summed E-state index contributed by atoms with van der Waals surface area (Å²) >= 11 is 1.86. The van der Waals surface area contributed by atoms with Gasteiger partial charge in [0.1, 0.15) is 5.75 Å². The Morgan fingerprint density at radius 1 is 1.47 bits per heavy atom. The van der Waals surface area contributed by atoms with Crippen LogP contribution in [0.5, 0.6) is 5.75 Å². The molecule has 1 aromatic rings. The molecule has 96 valence electrons. The van der Waals surface area contributed by atoms with E-state index in [1.165, 1.54) is 0 Å². The Hall–Kier alpha value is -0.780. The molecule has 0 aromatic carbocycles. The van der Waals surface area contributed by atoms with Crippen LogP contribution in [0.2, 0.25) is 0 Å². The lowest BCUT2D eigenvalue weighted by molar-refractivity contribution is 0.411. The highest BCUT2D eigenvalue weighted by molar-refractivity contribution is 8.00. The number of pyridine rings is 1. The van der Waals surface area contributed by atoms with Crippen LogP contribution in [0.25, 0.3) is 0 Å². The Kier molecular flexibility index (Phi) is 5.24. The predicted molar refractivity (Wildman–Crippen MR) is 73.1 cm³/mol. The van der Waals surface area contributed by atoms with Gasteiger partial charge in [0.2, 0.25) is 0 Å². The quantitative estimate of drug-likeness (QED) is 0.623. The van der Waals surface area contributed by atoms with Gasteiger partial charge in [-0.25, -0.2) is 0 Å². The normalized spacial score (nSPS) is 13.5. The van der Waals surface area contributed by atoms with E-state index in [1.807, 2.05) is 24.0 Å². The van der Waals surface area contributed by atoms with Crippen LogP contribution in [0.15, 0.2) is 18.5 Å². The van der Waals surface area contributed by atoms with Crippen LogP contribution in [0.1, 0.15) is 32.4 Å². The van der Waals surface area contributed by atoms with Crippen molar-refractivity contribution in [1.82, 2.24) is 10.4 Å². The summed E-state index contributed by atoms with van der Waals surface area (Å²) in [6, 6.07) is 2.04. The van der Waals surface area contributed by atoms with E-state index in [0.29, 0.717) is 0 Å². The molecule has 1 heterocycles. The fraction of sp³-hybridized carbons (Fsp3) is 0.583. The summed E-state index contributed by atoms with van der Waals surface area (Å²) < 4.78 is 5.38. The van der Waals surface area contributed by atoms with Crippen LogP contribution in [-0.2, 0) is 0 Å². The van der Waals surface area contributed by atoms with Gasteiger partial charge in [0, 0.05) is 16.7 Å². The molecule has 0 bridgehead atoms. The SMILES string of the molecule is COc1cncc(C(CSC(C)(C)C)NN)c1. The average Bonchev–Trinajstić information content (AvgIpc) is 2.29. The van der Waals surface area contributed by atoms with Gasteiger partial charge >= 0.3 is 0 Å². The van der Waals surface area contributed by atoms with E-state index >= 15 is 0 Å². The summed E-state index contributed by atoms with van der Waals surface area (Å²) in [6.45, 7) is 6.57. The number of hydrogen-bond acceptors (Lipinski definition) is 5. The number of nitrogens with two attached hydrogens (primary N) is 1. The van der Waals surface area contributed by atoms with Crippen molar-refractivity contribution < 1.29 is 4.74 Å². The van der Waals surface area contributed by atoms with Crippen molar-refractivity contribution in [1.29, 1.82) is 0 Å². The van der Waals surface area contributed by atoms with E-state index in [4.69, 9.17) is 10.6 Å². The van der Waals surface area contributed by atoms with E-state index in [2.05, 4.69) is 31.2 Å². The Morgan fingerprint density at radius 2 is 2.18 bits per heavy atom. The molecule has 1 aromatic heterocycles. The lowest BCUT2D eigenvalue weighted by Gasteiger charge is -2.22. The van der Waals surface area contributed by atoms with Crippen molar-refractivity contribution in [2.75, 3.05) is 12.9 Å². The molecule has 17 heavy (non-hydrogen) atoms. The first-order chi connectivity index (χ1) is 7.96. The number of thioether (sulfide) groups is 1. The zero-order valence-electron chi connectivity index (χ0n) is 10.9. The number of nitrogens with one attached hydrogen (secondary N) is 1. The second-order valence-electron chi connectivity index (χ2n) is 4.80. The molecule has 0 aliphatic heterocycles. The highest BCUT2D eigenvalue weighted by Gasteiger charge is 2.16. The molecule has 0 saturated carbocycles. The topological polar surface area (TPSA) is 60.2 Å². The molecule has 3 N–H and O–H groups in total. The molecule has 0 spiro atoms. The first-order valence-corrected chi connectivity index (χ1v) is 6.54. The third-order valence-electron chi connectivity index (χ3n) is 2.26. The van der Waals surface area contributed by atoms with Crippen LogP contribution in [0, 0.1) is 0 Å². The fourth-order valence-corrected chi connectivity index (χ4v) is 2.27. The molecular formula is C12H21N3OS. The van der Waals surface area contributed by atoms with Crippen LogP contribution in [-0.4, -0.2) is 22.6 Å². The highest BCUT2D eigenvalue weighted by Crippen LogP contribution is 2.28. The van der Waals surface area contributed by atoms with E-state index in [1.54, 1.807) is 13.3 Å². The molecule has 0 amide bonds. The van der Waals surface area contributed by atoms with Gasteiger partial charge in [-0.1, -0.05) is 20.8 Å². The maximum atomic E-state index is 5.59. The fourth-order valence-electron chi connectivity index (χ4n) is 1.31. The molecule has 0 radical (unpaired) electrons. The second-order valence-corrected chi connectivity index (χ2v) is 6.65. The van der Waals surface area contributed by atoms with Gasteiger partial charge in [0.15, 0.2) is 0 Å². The maximum absolute atomic E-state index is 5.59. The minimum Gasteiger partial charge on any atom is -0.495 e. The summed E-state index contributed by atoms with van der Waals surface area (Å²) in [5.41, 5.74) is 3.87. The van der Waals surface area contributed by atoms with E-state index in [-0.39, 0.29) is 10.8 Å². The summed E-state index contributed by atoms with van der Waals surface area (Å²) in [6.07, 6.45) is 3.50. The van der Waals surface area contributed by atoms with Gasteiger partial charge in [-0.05, 0) is 11.6 Å². The number of hydrazine groups is 1. The number of rotatable bonds is 5. The van der Waals surface area contributed by atoms with Crippen molar-refractivity contribution in [3.63, 3.8) is 0 Å². The standard InChI is InChI=1S/C12H21N3OS/c1-12(2,3)17-8-11(15-13)9-5-10(16-4)7-14-6-9/h5-7,11,15H,8,13H2,1-4H3. The van der Waals surface area contributed by atoms with Crippen molar-refractivity contribution >= 4 is 11.8 Å². The zero-order valence-corrected chi connectivity index (χ0v) is 11.7. The number of methoxy groups -OCH3 is 1. The summed E-state index contributed by atoms with van der Waals surface area (Å²) in [5, 5.41) is 0. The van der Waals surface area contributed by atoms with Gasteiger partial charge in [0.25, 0.3) is 0 Å². The summed E-state index contributed by atoms with van der Waals surface area (Å²) in [7, 11) is 1.63. The highest BCUT2D eigenvalue weighted by atomic mass is 32.2. The van der Waals surface area contributed by atoms with Crippen molar-refractivity contribution in [2.24, 2.45) is 5.84 Å².